The molecule has 2 aromatic heterocycles. The summed E-state index contributed by atoms with van der Waals surface area (Å²) >= 11 is 0. The predicted octanol–water partition coefficient (Wildman–Crippen LogP) is 0.456. The van der Waals surface area contributed by atoms with Crippen LogP contribution in [-0.4, -0.2) is 65.2 Å². The van der Waals surface area contributed by atoms with Gasteiger partial charge >= 0.3 is 0 Å². The second-order valence-electron chi connectivity index (χ2n) is 5.57. The first kappa shape index (κ1) is 20.1. The molecule has 26 heavy (non-hydrogen) atoms. The average molecular weight is 382 g/mol. The molecular formula is C16H27N7O2S. The van der Waals surface area contributed by atoms with Gasteiger partial charge < -0.3 is 10.6 Å². The minimum absolute atomic E-state index is 0.0208. The van der Waals surface area contributed by atoms with Crippen LogP contribution in [0.2, 0.25) is 0 Å². The van der Waals surface area contributed by atoms with E-state index in [-0.39, 0.29) is 12.3 Å². The fourth-order valence-corrected chi connectivity index (χ4v) is 3.94. The lowest BCUT2D eigenvalue weighted by molar-refractivity contribution is 0.445. The Hall–Kier alpha value is -2.20. The van der Waals surface area contributed by atoms with Crippen LogP contribution in [0.15, 0.2) is 29.4 Å². The lowest BCUT2D eigenvalue weighted by Crippen LogP contribution is -2.42. The van der Waals surface area contributed by atoms with E-state index in [1.807, 2.05) is 49.6 Å². The third kappa shape index (κ3) is 5.15. The van der Waals surface area contributed by atoms with Gasteiger partial charge in [-0.25, -0.2) is 17.7 Å². The Kier molecular flexibility index (Phi) is 7.34. The zero-order chi connectivity index (χ0) is 19.0. The molecule has 144 valence electrons. The zero-order valence-corrected chi connectivity index (χ0v) is 16.3. The molecular weight excluding hydrogens is 354 g/mol. The van der Waals surface area contributed by atoms with Crippen molar-refractivity contribution in [2.24, 2.45) is 4.99 Å². The number of rotatable bonds is 9. The van der Waals surface area contributed by atoms with Gasteiger partial charge in [0.15, 0.2) is 17.4 Å². The quantitative estimate of drug-likeness (QED) is 0.483. The van der Waals surface area contributed by atoms with E-state index in [0.29, 0.717) is 38.0 Å². The summed E-state index contributed by atoms with van der Waals surface area (Å²) in [4.78, 5) is 4.47. The van der Waals surface area contributed by atoms with Crippen LogP contribution in [0.1, 0.15) is 26.6 Å². The van der Waals surface area contributed by atoms with Crippen LogP contribution in [0.3, 0.4) is 0 Å². The van der Waals surface area contributed by atoms with Crippen LogP contribution in [0.25, 0.3) is 5.65 Å². The fourth-order valence-electron chi connectivity index (χ4n) is 2.53. The van der Waals surface area contributed by atoms with E-state index in [1.165, 1.54) is 4.31 Å². The van der Waals surface area contributed by atoms with Gasteiger partial charge in [-0.3, -0.25) is 4.40 Å². The Morgan fingerprint density at radius 3 is 2.65 bits per heavy atom. The summed E-state index contributed by atoms with van der Waals surface area (Å²) in [5.74, 6) is 1.29. The Bertz CT molecular complexity index is 828. The van der Waals surface area contributed by atoms with Gasteiger partial charge in [-0.05, 0) is 19.1 Å². The number of fused-ring (bicyclic) bond motifs is 1. The van der Waals surface area contributed by atoms with Crippen molar-refractivity contribution in [3.05, 3.63) is 30.2 Å². The highest BCUT2D eigenvalue weighted by atomic mass is 32.2. The Morgan fingerprint density at radius 2 is 1.96 bits per heavy atom. The maximum absolute atomic E-state index is 12.2. The second-order valence-corrected chi connectivity index (χ2v) is 7.66. The molecule has 0 amide bonds. The molecule has 2 N–H and O–H groups in total. The molecule has 0 bridgehead atoms. The highest BCUT2D eigenvalue weighted by molar-refractivity contribution is 7.89. The molecule has 2 heterocycles. The number of aliphatic imine (C=N–C) groups is 1. The van der Waals surface area contributed by atoms with Crippen LogP contribution in [0.4, 0.5) is 0 Å². The average Bonchev–Trinajstić information content (AvgIpc) is 3.03. The number of sulfonamides is 1. The first-order valence-electron chi connectivity index (χ1n) is 8.80. The summed E-state index contributed by atoms with van der Waals surface area (Å²) in [5, 5.41) is 14.4. The van der Waals surface area contributed by atoms with Crippen molar-refractivity contribution < 1.29 is 8.42 Å². The van der Waals surface area contributed by atoms with Crippen LogP contribution < -0.4 is 10.6 Å². The maximum atomic E-state index is 12.2. The summed E-state index contributed by atoms with van der Waals surface area (Å²) in [7, 11) is -3.26. The van der Waals surface area contributed by atoms with E-state index >= 15 is 0 Å². The number of pyridine rings is 1. The van der Waals surface area contributed by atoms with E-state index in [2.05, 4.69) is 25.8 Å². The van der Waals surface area contributed by atoms with Gasteiger partial charge in [0.05, 0.1) is 5.75 Å². The molecule has 10 heteroatoms. The third-order valence-electron chi connectivity index (χ3n) is 3.86. The number of nitrogens with zero attached hydrogens (tertiary/aromatic N) is 5. The predicted molar refractivity (Wildman–Crippen MR) is 103 cm³/mol. The number of hydrogen-bond donors (Lipinski definition) is 2. The number of hydrogen-bond acceptors (Lipinski definition) is 5. The summed E-state index contributed by atoms with van der Waals surface area (Å²) in [6, 6.07) is 5.69. The monoisotopic (exact) mass is 381 g/mol. The molecule has 0 aliphatic rings. The number of nitrogens with one attached hydrogen (secondary N) is 2. The molecule has 0 saturated carbocycles. The number of guanidine groups is 1. The van der Waals surface area contributed by atoms with Gasteiger partial charge in [0.25, 0.3) is 0 Å². The Balaban J connectivity index is 1.99. The normalized spacial score (nSPS) is 12.7. The van der Waals surface area contributed by atoms with Crippen molar-refractivity contribution in [2.45, 2.75) is 27.3 Å². The van der Waals surface area contributed by atoms with Crippen molar-refractivity contribution in [1.82, 2.24) is 29.5 Å². The molecule has 0 atom stereocenters. The van der Waals surface area contributed by atoms with E-state index in [4.69, 9.17) is 0 Å². The van der Waals surface area contributed by atoms with Gasteiger partial charge in [-0.2, -0.15) is 0 Å². The molecule has 2 aromatic rings. The molecule has 0 aliphatic carbocycles. The Labute approximate surface area is 154 Å². The van der Waals surface area contributed by atoms with Crippen LogP contribution in [0, 0.1) is 0 Å². The van der Waals surface area contributed by atoms with Gasteiger partial charge in [0, 0.05) is 32.4 Å². The van der Waals surface area contributed by atoms with E-state index in [0.717, 1.165) is 5.65 Å². The first-order chi connectivity index (χ1) is 12.5. The smallest absolute Gasteiger partial charge is 0.215 e. The molecule has 0 saturated heterocycles. The van der Waals surface area contributed by atoms with Crippen molar-refractivity contribution in [2.75, 3.05) is 31.9 Å². The SMILES string of the molecule is CCNC(=NCc1nnc2ccccn12)NCCS(=O)(=O)N(CC)CC. The molecule has 0 fully saturated rings. The summed E-state index contributed by atoms with van der Waals surface area (Å²) in [5.41, 5.74) is 0.765. The van der Waals surface area contributed by atoms with Crippen LogP contribution in [0.5, 0.6) is 0 Å². The van der Waals surface area contributed by atoms with Crippen molar-refractivity contribution in [1.29, 1.82) is 0 Å². The van der Waals surface area contributed by atoms with E-state index < -0.39 is 10.0 Å². The van der Waals surface area contributed by atoms with Crippen LogP contribution in [-0.2, 0) is 16.6 Å². The minimum Gasteiger partial charge on any atom is -0.357 e. The molecule has 0 aromatic carbocycles. The number of aromatic nitrogens is 3. The Morgan fingerprint density at radius 1 is 1.19 bits per heavy atom. The standard InChI is InChI=1S/C16H27N7O2S/c1-4-17-16(18-10-12-26(24,25)22(5-2)6-3)19-13-15-21-20-14-9-7-8-11-23(14)15/h7-9,11H,4-6,10,12-13H2,1-3H3,(H2,17,18,19). The van der Waals surface area contributed by atoms with Gasteiger partial charge in [0.1, 0.15) is 6.54 Å². The van der Waals surface area contributed by atoms with Crippen molar-refractivity contribution >= 4 is 21.6 Å². The highest BCUT2D eigenvalue weighted by Crippen LogP contribution is 2.04. The lowest BCUT2D eigenvalue weighted by Gasteiger charge is -2.19. The third-order valence-corrected chi connectivity index (χ3v) is 5.88. The molecule has 0 radical (unpaired) electrons. The lowest BCUT2D eigenvalue weighted by atomic mass is 10.4. The largest absolute Gasteiger partial charge is 0.357 e. The summed E-state index contributed by atoms with van der Waals surface area (Å²) < 4.78 is 27.8. The summed E-state index contributed by atoms with van der Waals surface area (Å²) in [6.07, 6.45) is 1.89. The van der Waals surface area contributed by atoms with E-state index in [9.17, 15) is 8.42 Å². The van der Waals surface area contributed by atoms with E-state index in [1.54, 1.807) is 0 Å². The summed E-state index contributed by atoms with van der Waals surface area (Å²) in [6.45, 7) is 7.88. The topological polar surface area (TPSA) is 104 Å². The first-order valence-corrected chi connectivity index (χ1v) is 10.4. The maximum Gasteiger partial charge on any atom is 0.215 e. The molecule has 0 aliphatic heterocycles. The van der Waals surface area contributed by atoms with Crippen molar-refractivity contribution in [3.8, 4) is 0 Å². The molecule has 2 rings (SSSR count). The van der Waals surface area contributed by atoms with Gasteiger partial charge in [-0.1, -0.05) is 19.9 Å². The van der Waals surface area contributed by atoms with Gasteiger partial charge in [-0.15, -0.1) is 10.2 Å². The van der Waals surface area contributed by atoms with Crippen molar-refractivity contribution in [3.63, 3.8) is 0 Å². The molecule has 0 unspecified atom stereocenters. The second kappa shape index (κ2) is 9.48. The highest BCUT2D eigenvalue weighted by Gasteiger charge is 2.18. The van der Waals surface area contributed by atoms with Gasteiger partial charge in [0.2, 0.25) is 10.0 Å². The molecule has 0 spiro atoms. The fraction of sp³-hybridized carbons (Fsp3) is 0.562. The van der Waals surface area contributed by atoms with Crippen LogP contribution >= 0.6 is 0 Å². The minimum atomic E-state index is -3.26. The molecule has 9 nitrogen and oxygen atoms in total. The zero-order valence-electron chi connectivity index (χ0n) is 15.5.